The summed E-state index contributed by atoms with van der Waals surface area (Å²) in [5, 5.41) is 9.42. The van der Waals surface area contributed by atoms with Crippen molar-refractivity contribution < 1.29 is 5.11 Å². The van der Waals surface area contributed by atoms with Gasteiger partial charge in [0.25, 0.3) is 0 Å². The third kappa shape index (κ3) is 2.62. The first-order valence-electron chi connectivity index (χ1n) is 5.81. The maximum absolute atomic E-state index is 9.42. The Morgan fingerprint density at radius 1 is 1.00 bits per heavy atom. The molecule has 2 nitrogen and oxygen atoms in total. The van der Waals surface area contributed by atoms with Crippen molar-refractivity contribution in [3.05, 3.63) is 47.0 Å². The van der Waals surface area contributed by atoms with Gasteiger partial charge in [-0.1, -0.05) is 29.5 Å². The SMILES string of the molecule is Cc1cc(C)c(Sc2ccc(O)c(N)c2)c(C)c1. The molecule has 0 amide bonds. The topological polar surface area (TPSA) is 46.2 Å². The summed E-state index contributed by atoms with van der Waals surface area (Å²) in [6.45, 7) is 6.34. The number of nitrogen functional groups attached to an aromatic ring is 1. The highest BCUT2D eigenvalue weighted by molar-refractivity contribution is 7.99. The van der Waals surface area contributed by atoms with Crippen molar-refractivity contribution in [2.75, 3.05) is 5.73 Å². The maximum atomic E-state index is 9.42. The molecule has 0 unspecified atom stereocenters. The lowest BCUT2D eigenvalue weighted by molar-refractivity contribution is 0.477. The van der Waals surface area contributed by atoms with E-state index in [1.54, 1.807) is 23.9 Å². The monoisotopic (exact) mass is 259 g/mol. The normalized spacial score (nSPS) is 10.6. The number of phenols is 1. The molecule has 0 heterocycles. The summed E-state index contributed by atoms with van der Waals surface area (Å²) in [7, 11) is 0. The third-order valence-electron chi connectivity index (χ3n) is 2.82. The van der Waals surface area contributed by atoms with Gasteiger partial charge in [-0.15, -0.1) is 0 Å². The standard InChI is InChI=1S/C15H17NOS/c1-9-6-10(2)15(11(3)7-9)18-12-4-5-14(17)13(16)8-12/h4-8,17H,16H2,1-3H3. The Bertz CT molecular complexity index is 570. The Labute approximate surface area is 112 Å². The van der Waals surface area contributed by atoms with Crippen molar-refractivity contribution in [2.24, 2.45) is 0 Å². The molecule has 0 aliphatic carbocycles. The average Bonchev–Trinajstić information content (AvgIpc) is 2.28. The fourth-order valence-electron chi connectivity index (χ4n) is 2.04. The van der Waals surface area contributed by atoms with Crippen LogP contribution in [0.15, 0.2) is 40.1 Å². The number of phenolic OH excluding ortho intramolecular Hbond substituents is 1. The Morgan fingerprint density at radius 2 is 1.61 bits per heavy atom. The summed E-state index contributed by atoms with van der Waals surface area (Å²) in [5.41, 5.74) is 9.94. The van der Waals surface area contributed by atoms with Crippen molar-refractivity contribution >= 4 is 17.4 Å². The average molecular weight is 259 g/mol. The quantitative estimate of drug-likeness (QED) is 0.631. The molecule has 2 rings (SSSR count). The van der Waals surface area contributed by atoms with Crippen LogP contribution in [0, 0.1) is 20.8 Å². The molecule has 0 radical (unpaired) electrons. The fraction of sp³-hybridized carbons (Fsp3) is 0.200. The lowest BCUT2D eigenvalue weighted by Gasteiger charge is -2.11. The van der Waals surface area contributed by atoms with Gasteiger partial charge in [0.1, 0.15) is 5.75 Å². The van der Waals surface area contributed by atoms with Crippen molar-refractivity contribution in [3.8, 4) is 5.75 Å². The number of aromatic hydroxyl groups is 1. The zero-order chi connectivity index (χ0) is 13.3. The highest BCUT2D eigenvalue weighted by Crippen LogP contribution is 2.36. The lowest BCUT2D eigenvalue weighted by atomic mass is 10.1. The Kier molecular flexibility index (Phi) is 3.53. The fourth-order valence-corrected chi connectivity index (χ4v) is 3.04. The Balaban J connectivity index is 2.37. The van der Waals surface area contributed by atoms with Gasteiger partial charge in [0.2, 0.25) is 0 Å². The van der Waals surface area contributed by atoms with Crippen LogP contribution in [0.5, 0.6) is 5.75 Å². The molecular formula is C15H17NOS. The van der Waals surface area contributed by atoms with Crippen LogP contribution >= 0.6 is 11.8 Å². The van der Waals surface area contributed by atoms with E-state index in [0.29, 0.717) is 5.69 Å². The van der Waals surface area contributed by atoms with Crippen LogP contribution in [-0.4, -0.2) is 5.11 Å². The van der Waals surface area contributed by atoms with Gasteiger partial charge in [0.05, 0.1) is 5.69 Å². The van der Waals surface area contributed by atoms with Crippen molar-refractivity contribution in [3.63, 3.8) is 0 Å². The number of anilines is 1. The molecule has 94 valence electrons. The smallest absolute Gasteiger partial charge is 0.138 e. The van der Waals surface area contributed by atoms with E-state index in [1.807, 2.05) is 6.07 Å². The maximum Gasteiger partial charge on any atom is 0.138 e. The molecule has 0 saturated carbocycles. The molecule has 0 atom stereocenters. The zero-order valence-electron chi connectivity index (χ0n) is 10.8. The summed E-state index contributed by atoms with van der Waals surface area (Å²) in [4.78, 5) is 2.30. The van der Waals surface area contributed by atoms with E-state index in [0.717, 1.165) is 4.90 Å². The van der Waals surface area contributed by atoms with Gasteiger partial charge in [-0.3, -0.25) is 0 Å². The highest BCUT2D eigenvalue weighted by Gasteiger charge is 2.07. The predicted molar refractivity (Wildman–Crippen MR) is 77.3 cm³/mol. The van der Waals surface area contributed by atoms with Gasteiger partial charge in [0, 0.05) is 9.79 Å². The van der Waals surface area contributed by atoms with Gasteiger partial charge in [-0.25, -0.2) is 0 Å². The Hall–Kier alpha value is -1.61. The molecule has 0 aromatic heterocycles. The zero-order valence-corrected chi connectivity index (χ0v) is 11.6. The van der Waals surface area contributed by atoms with Gasteiger partial charge < -0.3 is 10.8 Å². The van der Waals surface area contributed by atoms with E-state index in [1.165, 1.54) is 21.6 Å². The number of rotatable bonds is 2. The second kappa shape index (κ2) is 4.94. The number of aryl methyl sites for hydroxylation is 3. The molecule has 0 spiro atoms. The van der Waals surface area contributed by atoms with Gasteiger partial charge in [-0.2, -0.15) is 0 Å². The van der Waals surface area contributed by atoms with Crippen molar-refractivity contribution in [2.45, 2.75) is 30.6 Å². The molecule has 0 saturated heterocycles. The number of hydrogen-bond donors (Lipinski definition) is 2. The van der Waals surface area contributed by atoms with E-state index in [2.05, 4.69) is 32.9 Å². The van der Waals surface area contributed by atoms with Crippen LogP contribution in [0.1, 0.15) is 16.7 Å². The van der Waals surface area contributed by atoms with Gasteiger partial charge in [0.15, 0.2) is 0 Å². The second-order valence-electron chi connectivity index (χ2n) is 4.55. The van der Waals surface area contributed by atoms with E-state index >= 15 is 0 Å². The molecule has 18 heavy (non-hydrogen) atoms. The Morgan fingerprint density at radius 3 is 2.17 bits per heavy atom. The second-order valence-corrected chi connectivity index (χ2v) is 5.63. The number of nitrogens with two attached hydrogens (primary N) is 1. The van der Waals surface area contributed by atoms with Gasteiger partial charge in [-0.05, 0) is 50.1 Å². The molecule has 3 N–H and O–H groups in total. The number of hydrogen-bond acceptors (Lipinski definition) is 3. The molecule has 2 aromatic rings. The van der Waals surface area contributed by atoms with E-state index < -0.39 is 0 Å². The van der Waals surface area contributed by atoms with Crippen molar-refractivity contribution in [1.82, 2.24) is 0 Å². The van der Waals surface area contributed by atoms with E-state index in [-0.39, 0.29) is 5.75 Å². The summed E-state index contributed by atoms with van der Waals surface area (Å²) in [6.07, 6.45) is 0. The van der Waals surface area contributed by atoms with E-state index in [4.69, 9.17) is 5.73 Å². The van der Waals surface area contributed by atoms with Crippen LogP contribution in [0.4, 0.5) is 5.69 Å². The third-order valence-corrected chi connectivity index (χ3v) is 4.16. The first kappa shape index (κ1) is 12.8. The largest absolute Gasteiger partial charge is 0.506 e. The highest BCUT2D eigenvalue weighted by atomic mass is 32.2. The van der Waals surface area contributed by atoms with Crippen LogP contribution in [-0.2, 0) is 0 Å². The summed E-state index contributed by atoms with van der Waals surface area (Å²) >= 11 is 1.68. The van der Waals surface area contributed by atoms with Gasteiger partial charge >= 0.3 is 0 Å². The van der Waals surface area contributed by atoms with E-state index in [9.17, 15) is 5.11 Å². The molecule has 3 heteroatoms. The number of benzene rings is 2. The summed E-state index contributed by atoms with van der Waals surface area (Å²) in [6, 6.07) is 9.68. The lowest BCUT2D eigenvalue weighted by Crippen LogP contribution is -1.89. The van der Waals surface area contributed by atoms with Crippen LogP contribution in [0.2, 0.25) is 0 Å². The molecular weight excluding hydrogens is 242 g/mol. The minimum absolute atomic E-state index is 0.136. The summed E-state index contributed by atoms with van der Waals surface area (Å²) in [5.74, 6) is 0.136. The first-order chi connectivity index (χ1) is 8.47. The van der Waals surface area contributed by atoms with Crippen molar-refractivity contribution in [1.29, 1.82) is 0 Å². The molecule has 0 aliphatic rings. The predicted octanol–water partition coefficient (Wildman–Crippen LogP) is 4.05. The van der Waals surface area contributed by atoms with Crippen LogP contribution in [0.25, 0.3) is 0 Å². The van der Waals surface area contributed by atoms with Crippen LogP contribution in [0.3, 0.4) is 0 Å². The molecule has 2 aromatic carbocycles. The molecule has 0 aliphatic heterocycles. The molecule has 0 bridgehead atoms. The summed E-state index contributed by atoms with van der Waals surface area (Å²) < 4.78 is 0. The molecule has 0 fully saturated rings. The minimum Gasteiger partial charge on any atom is -0.506 e. The minimum atomic E-state index is 0.136. The first-order valence-corrected chi connectivity index (χ1v) is 6.63. The van der Waals surface area contributed by atoms with Crippen LogP contribution < -0.4 is 5.73 Å².